The highest BCUT2D eigenvalue weighted by atomic mass is 16.5. The second-order valence-electron chi connectivity index (χ2n) is 5.52. The number of ether oxygens (including phenoxy) is 2. The van der Waals surface area contributed by atoms with Crippen molar-refractivity contribution >= 4 is 0 Å². The molecule has 6 heteroatoms. The summed E-state index contributed by atoms with van der Waals surface area (Å²) in [7, 11) is 0. The van der Waals surface area contributed by atoms with E-state index < -0.39 is 0 Å². The number of hydrogen-bond donors (Lipinski definition) is 1. The minimum Gasteiger partial charge on any atom is -0.490 e. The predicted octanol–water partition coefficient (Wildman–Crippen LogP) is 2.01. The molecule has 1 N–H and O–H groups in total. The molecule has 1 aromatic heterocycles. The SMILES string of the molecule is C[C@H](CCn1cncn1)NCc1cccc2c1OCCCO2. The first-order valence-electron chi connectivity index (χ1n) is 7.76. The van der Waals surface area contributed by atoms with E-state index in [1.807, 2.05) is 16.8 Å². The second-order valence-corrected chi connectivity index (χ2v) is 5.52. The molecule has 0 amide bonds. The van der Waals surface area contributed by atoms with E-state index in [0.717, 1.165) is 49.6 Å². The fraction of sp³-hybridized carbons (Fsp3) is 0.500. The molecule has 0 aliphatic carbocycles. The fourth-order valence-electron chi connectivity index (χ4n) is 2.45. The molecule has 1 aliphatic rings. The highest BCUT2D eigenvalue weighted by molar-refractivity contribution is 5.47. The first-order chi connectivity index (χ1) is 10.8. The van der Waals surface area contributed by atoms with Gasteiger partial charge in [-0.3, -0.25) is 4.68 Å². The van der Waals surface area contributed by atoms with E-state index in [4.69, 9.17) is 9.47 Å². The molecule has 22 heavy (non-hydrogen) atoms. The lowest BCUT2D eigenvalue weighted by Crippen LogP contribution is -2.27. The van der Waals surface area contributed by atoms with Gasteiger partial charge in [0.15, 0.2) is 11.5 Å². The first kappa shape index (κ1) is 14.8. The van der Waals surface area contributed by atoms with Crippen LogP contribution in [0.3, 0.4) is 0 Å². The molecule has 0 radical (unpaired) electrons. The van der Waals surface area contributed by atoms with E-state index in [1.54, 1.807) is 12.7 Å². The molecule has 0 fully saturated rings. The van der Waals surface area contributed by atoms with Crippen LogP contribution in [0.15, 0.2) is 30.9 Å². The van der Waals surface area contributed by atoms with Crippen molar-refractivity contribution in [3.8, 4) is 11.5 Å². The Balaban J connectivity index is 1.54. The Morgan fingerprint density at radius 1 is 1.32 bits per heavy atom. The van der Waals surface area contributed by atoms with E-state index in [2.05, 4.69) is 28.4 Å². The van der Waals surface area contributed by atoms with E-state index in [-0.39, 0.29) is 0 Å². The summed E-state index contributed by atoms with van der Waals surface area (Å²) in [5, 5.41) is 7.65. The summed E-state index contributed by atoms with van der Waals surface area (Å²) in [5.74, 6) is 1.74. The summed E-state index contributed by atoms with van der Waals surface area (Å²) in [6.45, 7) is 5.24. The molecule has 118 valence electrons. The van der Waals surface area contributed by atoms with Crippen molar-refractivity contribution in [1.29, 1.82) is 0 Å². The van der Waals surface area contributed by atoms with Crippen LogP contribution >= 0.6 is 0 Å². The highest BCUT2D eigenvalue weighted by Gasteiger charge is 2.14. The molecule has 0 saturated carbocycles. The molecular formula is C16H22N4O2. The minimum absolute atomic E-state index is 0.381. The van der Waals surface area contributed by atoms with Crippen molar-refractivity contribution in [1.82, 2.24) is 20.1 Å². The third-order valence-electron chi connectivity index (χ3n) is 3.75. The average Bonchev–Trinajstić information content (AvgIpc) is 2.94. The normalized spacial score (nSPS) is 15.3. The van der Waals surface area contributed by atoms with Crippen LogP contribution in [0.1, 0.15) is 25.3 Å². The van der Waals surface area contributed by atoms with Gasteiger partial charge >= 0.3 is 0 Å². The number of aromatic nitrogens is 3. The molecule has 0 unspecified atom stereocenters. The van der Waals surface area contributed by atoms with Gasteiger partial charge in [-0.15, -0.1) is 0 Å². The molecule has 6 nitrogen and oxygen atoms in total. The fourth-order valence-corrected chi connectivity index (χ4v) is 2.45. The van der Waals surface area contributed by atoms with E-state index >= 15 is 0 Å². The molecule has 2 aromatic rings. The van der Waals surface area contributed by atoms with Gasteiger partial charge in [-0.05, 0) is 19.4 Å². The summed E-state index contributed by atoms with van der Waals surface area (Å²) in [4.78, 5) is 3.95. The summed E-state index contributed by atoms with van der Waals surface area (Å²) in [6.07, 6.45) is 5.23. The van der Waals surface area contributed by atoms with Gasteiger partial charge in [0, 0.05) is 31.1 Å². The Hall–Kier alpha value is -2.08. The molecule has 2 heterocycles. The predicted molar refractivity (Wildman–Crippen MR) is 83.0 cm³/mol. The van der Waals surface area contributed by atoms with Crippen LogP contribution in [0.2, 0.25) is 0 Å². The summed E-state index contributed by atoms with van der Waals surface area (Å²) < 4.78 is 13.4. The number of para-hydroxylation sites is 1. The van der Waals surface area contributed by atoms with E-state index in [9.17, 15) is 0 Å². The molecule has 0 bridgehead atoms. The van der Waals surface area contributed by atoms with Gasteiger partial charge in [0.1, 0.15) is 12.7 Å². The average molecular weight is 302 g/mol. The van der Waals surface area contributed by atoms with Crippen molar-refractivity contribution in [3.63, 3.8) is 0 Å². The summed E-state index contributed by atoms with van der Waals surface area (Å²) >= 11 is 0. The molecular weight excluding hydrogens is 280 g/mol. The number of benzene rings is 1. The van der Waals surface area contributed by atoms with Crippen LogP contribution in [0, 0.1) is 0 Å². The third kappa shape index (κ3) is 3.76. The zero-order valence-corrected chi connectivity index (χ0v) is 12.9. The quantitative estimate of drug-likeness (QED) is 0.884. The third-order valence-corrected chi connectivity index (χ3v) is 3.75. The lowest BCUT2D eigenvalue weighted by atomic mass is 10.1. The number of aryl methyl sites for hydroxylation is 1. The smallest absolute Gasteiger partial charge is 0.165 e. The van der Waals surface area contributed by atoms with E-state index in [0.29, 0.717) is 12.6 Å². The van der Waals surface area contributed by atoms with Gasteiger partial charge in [-0.1, -0.05) is 12.1 Å². The lowest BCUT2D eigenvalue weighted by Gasteiger charge is -2.16. The van der Waals surface area contributed by atoms with Crippen molar-refractivity contribution < 1.29 is 9.47 Å². The van der Waals surface area contributed by atoms with Crippen LogP contribution in [0.25, 0.3) is 0 Å². The topological polar surface area (TPSA) is 61.2 Å². The van der Waals surface area contributed by atoms with Crippen molar-refractivity contribution in [3.05, 3.63) is 36.4 Å². The van der Waals surface area contributed by atoms with Gasteiger partial charge < -0.3 is 14.8 Å². The molecule has 1 atom stereocenters. The Labute approximate surface area is 130 Å². The minimum atomic E-state index is 0.381. The maximum absolute atomic E-state index is 5.84. The Morgan fingerprint density at radius 3 is 3.09 bits per heavy atom. The number of fused-ring (bicyclic) bond motifs is 1. The van der Waals surface area contributed by atoms with Gasteiger partial charge in [0.25, 0.3) is 0 Å². The standard InChI is InChI=1S/C16H22N4O2/c1-13(6-7-20-12-17-11-19-20)18-10-14-4-2-5-15-16(14)22-9-3-8-21-15/h2,4-5,11-13,18H,3,6-10H2,1H3/t13-/m1/s1. The van der Waals surface area contributed by atoms with Crippen LogP contribution in [0.4, 0.5) is 0 Å². The summed E-state index contributed by atoms with van der Waals surface area (Å²) in [5.41, 5.74) is 1.15. The maximum Gasteiger partial charge on any atom is 0.165 e. The zero-order chi connectivity index (χ0) is 15.2. The van der Waals surface area contributed by atoms with Crippen LogP contribution in [0.5, 0.6) is 11.5 Å². The van der Waals surface area contributed by atoms with Crippen LogP contribution in [-0.4, -0.2) is 34.0 Å². The molecule has 1 aromatic carbocycles. The van der Waals surface area contributed by atoms with Gasteiger partial charge in [0.05, 0.1) is 13.2 Å². The molecule has 1 aliphatic heterocycles. The van der Waals surface area contributed by atoms with E-state index in [1.165, 1.54) is 0 Å². The van der Waals surface area contributed by atoms with Gasteiger partial charge in [-0.25, -0.2) is 4.98 Å². The van der Waals surface area contributed by atoms with Gasteiger partial charge in [0.2, 0.25) is 0 Å². The Morgan fingerprint density at radius 2 is 2.23 bits per heavy atom. The first-order valence-corrected chi connectivity index (χ1v) is 7.76. The largest absolute Gasteiger partial charge is 0.490 e. The van der Waals surface area contributed by atoms with Crippen molar-refractivity contribution in [2.24, 2.45) is 0 Å². The number of rotatable bonds is 6. The van der Waals surface area contributed by atoms with Crippen molar-refractivity contribution in [2.45, 2.75) is 38.9 Å². The van der Waals surface area contributed by atoms with Crippen LogP contribution < -0.4 is 14.8 Å². The van der Waals surface area contributed by atoms with Gasteiger partial charge in [-0.2, -0.15) is 5.10 Å². The van der Waals surface area contributed by atoms with Crippen LogP contribution in [-0.2, 0) is 13.1 Å². The Kier molecular flexibility index (Phi) is 4.90. The lowest BCUT2D eigenvalue weighted by molar-refractivity contribution is 0.295. The molecule has 3 rings (SSSR count). The zero-order valence-electron chi connectivity index (χ0n) is 12.9. The van der Waals surface area contributed by atoms with Crippen molar-refractivity contribution in [2.75, 3.05) is 13.2 Å². The summed E-state index contributed by atoms with van der Waals surface area (Å²) in [6, 6.07) is 6.46. The maximum atomic E-state index is 5.84. The Bertz CT molecular complexity index is 586. The number of nitrogens with zero attached hydrogens (tertiary/aromatic N) is 3. The molecule has 0 saturated heterocycles. The monoisotopic (exact) mass is 302 g/mol. The molecule has 0 spiro atoms. The number of nitrogens with one attached hydrogen (secondary N) is 1. The highest BCUT2D eigenvalue weighted by Crippen LogP contribution is 2.33. The second kappa shape index (κ2) is 7.26. The number of hydrogen-bond acceptors (Lipinski definition) is 5.